The van der Waals surface area contributed by atoms with Crippen LogP contribution < -0.4 is 57.1 Å². The van der Waals surface area contributed by atoms with E-state index in [1.54, 1.807) is 0 Å². The molecule has 0 bridgehead atoms. The van der Waals surface area contributed by atoms with E-state index in [9.17, 15) is 0 Å². The summed E-state index contributed by atoms with van der Waals surface area (Å²) in [6.07, 6.45) is 0. The van der Waals surface area contributed by atoms with Gasteiger partial charge >= 0.3 is 0 Å². The minimum Gasteiger partial charge on any atom is -0.458 e. The van der Waals surface area contributed by atoms with E-state index >= 15 is 0 Å². The molecule has 18 rings (SSSR count). The van der Waals surface area contributed by atoms with Crippen LogP contribution in [0.1, 0.15) is 26.3 Å². The molecule has 8 heteroatoms. The summed E-state index contributed by atoms with van der Waals surface area (Å²) in [6.45, 7) is 6.57. The topological polar surface area (TPSA) is 22.2 Å². The zero-order chi connectivity index (χ0) is 64.0. The Hall–Kier alpha value is -11.4. The van der Waals surface area contributed by atoms with Crippen molar-refractivity contribution in [2.24, 2.45) is 0 Å². The van der Waals surface area contributed by atoms with Crippen LogP contribution in [0, 0.1) is 0 Å². The third kappa shape index (κ3) is 9.73. The van der Waals surface area contributed by atoms with Crippen LogP contribution in [0.3, 0.4) is 0 Å². The number of rotatable bonds is 11. The van der Waals surface area contributed by atoms with Crippen molar-refractivity contribution in [3.05, 3.63) is 339 Å². The lowest BCUT2D eigenvalue weighted by molar-refractivity contribution is 0.487. The van der Waals surface area contributed by atoms with E-state index in [0.29, 0.717) is 0 Å². The predicted molar refractivity (Wildman–Crippen MR) is 407 cm³/mol. The number of fused-ring (bicyclic) bond motifs is 8. The number of hydrogen-bond acceptors (Lipinski definition) is 6. The van der Waals surface area contributed by atoms with Crippen LogP contribution >= 0.6 is 11.8 Å². The van der Waals surface area contributed by atoms with Crippen molar-refractivity contribution in [2.45, 2.75) is 36.0 Å². The molecular weight excluding hydrogens is 1180 g/mol. The van der Waals surface area contributed by atoms with Crippen LogP contribution in [0.15, 0.2) is 343 Å². The van der Waals surface area contributed by atoms with Gasteiger partial charge in [0.05, 0.1) is 11.4 Å². The Labute approximate surface area is 567 Å². The summed E-state index contributed by atoms with van der Waals surface area (Å²) in [4.78, 5) is 12.4. The summed E-state index contributed by atoms with van der Waals surface area (Å²) < 4.78 is 7.35. The van der Waals surface area contributed by atoms with Gasteiger partial charge in [-0.1, -0.05) is 262 Å². The van der Waals surface area contributed by atoms with E-state index in [1.807, 2.05) is 11.8 Å². The molecular formula is C88H64B2N4OS. The maximum atomic E-state index is 7.35. The smallest absolute Gasteiger partial charge is 0.256 e. The highest BCUT2D eigenvalue weighted by atomic mass is 32.2. The summed E-state index contributed by atoms with van der Waals surface area (Å²) >= 11 is 1.90. The van der Waals surface area contributed by atoms with Gasteiger partial charge in [-0.05, 0) is 169 Å². The highest BCUT2D eigenvalue weighted by molar-refractivity contribution is 8.00. The summed E-state index contributed by atoms with van der Waals surface area (Å²) in [7, 11) is 0. The molecule has 4 aliphatic rings. The third-order valence-electron chi connectivity index (χ3n) is 19.7. The van der Waals surface area contributed by atoms with Crippen LogP contribution in [0.25, 0.3) is 33.4 Å². The Balaban J connectivity index is 0.897. The van der Waals surface area contributed by atoms with Gasteiger partial charge in [-0.2, -0.15) is 0 Å². The van der Waals surface area contributed by atoms with Crippen LogP contribution in [-0.4, -0.2) is 13.4 Å². The number of para-hydroxylation sites is 6. The van der Waals surface area contributed by atoms with Crippen molar-refractivity contribution in [2.75, 3.05) is 19.6 Å². The quantitative estimate of drug-likeness (QED) is 0.120. The van der Waals surface area contributed by atoms with E-state index in [0.717, 1.165) is 107 Å². The maximum absolute atomic E-state index is 7.35. The molecule has 0 amide bonds. The van der Waals surface area contributed by atoms with Gasteiger partial charge in [-0.15, -0.1) is 0 Å². The second-order valence-electron chi connectivity index (χ2n) is 26.4. The van der Waals surface area contributed by atoms with Gasteiger partial charge < -0.3 is 24.3 Å². The first-order chi connectivity index (χ1) is 47.3. The van der Waals surface area contributed by atoms with Gasteiger partial charge in [0.15, 0.2) is 0 Å². The molecule has 0 fully saturated rings. The van der Waals surface area contributed by atoms with Gasteiger partial charge in [-0.3, -0.25) is 0 Å². The molecule has 0 saturated carbocycles. The van der Waals surface area contributed by atoms with Crippen molar-refractivity contribution < 1.29 is 4.74 Å². The largest absolute Gasteiger partial charge is 0.458 e. The Kier molecular flexibility index (Phi) is 13.9. The van der Waals surface area contributed by atoms with Crippen molar-refractivity contribution in [1.29, 1.82) is 0 Å². The van der Waals surface area contributed by atoms with E-state index in [1.165, 1.54) is 53.9 Å². The molecule has 0 aliphatic carbocycles. The molecule has 4 aliphatic heterocycles. The molecule has 14 aromatic carbocycles. The minimum atomic E-state index is -0.174. The van der Waals surface area contributed by atoms with Gasteiger partial charge in [0.25, 0.3) is 6.71 Å². The number of ether oxygens (including phenoxy) is 1. The Morgan fingerprint density at radius 2 is 0.812 bits per heavy atom. The average molecular weight is 1250 g/mol. The van der Waals surface area contributed by atoms with E-state index < -0.39 is 0 Å². The lowest BCUT2D eigenvalue weighted by Crippen LogP contribution is -2.63. The van der Waals surface area contributed by atoms with Gasteiger partial charge in [0, 0.05) is 78.3 Å². The van der Waals surface area contributed by atoms with Crippen molar-refractivity contribution in [3.63, 3.8) is 0 Å². The highest BCUT2D eigenvalue weighted by Crippen LogP contribution is 2.52. The van der Waals surface area contributed by atoms with Crippen LogP contribution in [0.4, 0.5) is 68.2 Å². The SMILES string of the molecule is CC(C)(C)c1ccc(-c2ccccc2N2c3cc4c(cc3B3c5ccccc5Oc5cc(N(c6ccccc6)c6ccccc6)cc2c53)B2c3ccccc3N(c3ccccc3)c3cc(N(c5ccc(-c6ccccc6)cc5)c5cccc(-c6ccccc6)c5)cc(c32)S4)cc1. The summed E-state index contributed by atoms with van der Waals surface area (Å²) in [6, 6.07) is 123. The molecule has 0 unspecified atom stereocenters. The Morgan fingerprint density at radius 1 is 0.302 bits per heavy atom. The second kappa shape index (κ2) is 23.2. The van der Waals surface area contributed by atoms with Crippen molar-refractivity contribution >= 4 is 126 Å². The number of anilines is 12. The summed E-state index contributed by atoms with van der Waals surface area (Å²) in [5.74, 6) is 1.71. The maximum Gasteiger partial charge on any atom is 0.256 e. The van der Waals surface area contributed by atoms with Gasteiger partial charge in [-0.25, -0.2) is 0 Å². The molecule has 5 nitrogen and oxygen atoms in total. The fraction of sp³-hybridized carbons (Fsp3) is 0.0455. The van der Waals surface area contributed by atoms with Crippen molar-refractivity contribution in [1.82, 2.24) is 0 Å². The fourth-order valence-corrected chi connectivity index (χ4v) is 16.4. The molecule has 4 heterocycles. The standard InChI is InChI=1S/C88H64B2N4OS/c1-88(2,3)64-48-44-62(45-49-64)72-38-19-22-41-77(72)94-79-58-84-76(57-75(79)90-74-40-21-24-43-82(74)95-83-55-70(53-80(94)86(83)90)91(65-31-13-6-14-32-65)66-33-15-7-16-34-66)89-73-39-20-23-42-78(73)93(67-35-17-8-18-36-67)81-54-71(56-85(96-84)87(81)89)92(68-50-46-61(47-51-68)59-26-9-4-10-27-59)69-37-25-30-63(52-69)60-28-11-5-12-29-60/h4-58H,1-3H3. The first-order valence-electron chi connectivity index (χ1n) is 33.2. The zero-order valence-corrected chi connectivity index (χ0v) is 54.3. The van der Waals surface area contributed by atoms with Crippen LogP contribution in [-0.2, 0) is 5.41 Å². The lowest BCUT2D eigenvalue weighted by atomic mass is 9.31. The second-order valence-corrected chi connectivity index (χ2v) is 27.5. The third-order valence-corrected chi connectivity index (χ3v) is 20.8. The highest BCUT2D eigenvalue weighted by Gasteiger charge is 2.47. The molecule has 0 aromatic heterocycles. The average Bonchev–Trinajstić information content (AvgIpc) is 0.694. The molecule has 96 heavy (non-hydrogen) atoms. The summed E-state index contributed by atoms with van der Waals surface area (Å²) in [5, 5.41) is 0. The normalized spacial score (nSPS) is 12.9. The molecule has 0 radical (unpaired) electrons. The van der Waals surface area contributed by atoms with Crippen LogP contribution in [0.5, 0.6) is 11.5 Å². The monoisotopic (exact) mass is 1250 g/mol. The number of hydrogen-bond donors (Lipinski definition) is 0. The van der Waals surface area contributed by atoms with E-state index in [2.05, 4.69) is 374 Å². The number of nitrogens with zero attached hydrogens (tertiary/aromatic N) is 4. The molecule has 0 saturated heterocycles. The molecule has 454 valence electrons. The first-order valence-corrected chi connectivity index (χ1v) is 34.0. The van der Waals surface area contributed by atoms with Crippen molar-refractivity contribution in [3.8, 4) is 44.9 Å². The first kappa shape index (κ1) is 57.2. The summed E-state index contributed by atoms with van der Waals surface area (Å²) in [5.41, 5.74) is 28.7. The van der Waals surface area contributed by atoms with E-state index in [4.69, 9.17) is 4.74 Å². The molecule has 0 atom stereocenters. The molecule has 0 spiro atoms. The minimum absolute atomic E-state index is 0.00645. The molecule has 14 aromatic rings. The van der Waals surface area contributed by atoms with Gasteiger partial charge in [0.2, 0.25) is 6.71 Å². The molecule has 0 N–H and O–H groups in total. The zero-order valence-electron chi connectivity index (χ0n) is 53.5. The Bertz CT molecular complexity index is 5260. The van der Waals surface area contributed by atoms with Crippen LogP contribution in [0.2, 0.25) is 0 Å². The van der Waals surface area contributed by atoms with E-state index in [-0.39, 0.29) is 18.8 Å². The fourth-order valence-electron chi connectivity index (χ4n) is 15.2. The predicted octanol–water partition coefficient (Wildman–Crippen LogP) is 20.1. The lowest BCUT2D eigenvalue weighted by Gasteiger charge is -2.44. The van der Waals surface area contributed by atoms with Gasteiger partial charge in [0.1, 0.15) is 11.5 Å². The Morgan fingerprint density at radius 3 is 1.50 bits per heavy atom. The number of benzene rings is 14.